The molecule has 148 valence electrons. The number of amides is 4. The number of rotatable bonds is 1. The van der Waals surface area contributed by atoms with Gasteiger partial charge in [0.25, 0.3) is 0 Å². The Morgan fingerprint density at radius 1 is 0.800 bits per heavy atom. The summed E-state index contributed by atoms with van der Waals surface area (Å²) < 4.78 is 27.3. The second kappa shape index (κ2) is 6.36. The molecule has 1 saturated heterocycles. The quantitative estimate of drug-likeness (QED) is 0.481. The number of hydrogen-bond donors (Lipinski definition) is 1. The third-order valence-electron chi connectivity index (χ3n) is 5.17. The molecular weight excluding hydrogens is 402 g/mol. The zero-order chi connectivity index (χ0) is 21.0. The third kappa shape index (κ3) is 2.50. The molecule has 1 N–H and O–H groups in total. The Morgan fingerprint density at radius 2 is 1.33 bits per heavy atom. The van der Waals surface area contributed by atoms with E-state index in [1.807, 2.05) is 19.1 Å². The Balaban J connectivity index is 1.77. The van der Waals surface area contributed by atoms with E-state index < -0.39 is 21.9 Å². The van der Waals surface area contributed by atoms with E-state index in [9.17, 15) is 18.0 Å². The van der Waals surface area contributed by atoms with E-state index >= 15 is 0 Å². The van der Waals surface area contributed by atoms with Gasteiger partial charge in [0.15, 0.2) is 5.71 Å². The second-order valence-electron chi connectivity index (χ2n) is 7.05. The van der Waals surface area contributed by atoms with Gasteiger partial charge in [0, 0.05) is 11.1 Å². The number of benzene rings is 3. The highest BCUT2D eigenvalue weighted by atomic mass is 32.2. The zero-order valence-corrected chi connectivity index (χ0v) is 16.7. The zero-order valence-electron chi connectivity index (χ0n) is 15.9. The highest BCUT2D eigenvalue weighted by Crippen LogP contribution is 2.35. The number of urea groups is 2. The fourth-order valence-electron chi connectivity index (χ4n) is 3.75. The van der Waals surface area contributed by atoms with E-state index in [0.29, 0.717) is 22.5 Å². The molecule has 0 saturated carbocycles. The summed E-state index contributed by atoms with van der Waals surface area (Å²) in [5, 5.41) is 0. The van der Waals surface area contributed by atoms with E-state index in [-0.39, 0.29) is 9.79 Å². The van der Waals surface area contributed by atoms with Crippen molar-refractivity contribution in [2.24, 2.45) is 0 Å². The number of nitrogens with one attached hydrogen (secondary N) is 1. The molecule has 8 heteroatoms. The first kappa shape index (κ1) is 18.3. The highest BCUT2D eigenvalue weighted by molar-refractivity contribution is 7.91. The van der Waals surface area contributed by atoms with Crippen LogP contribution in [-0.4, -0.2) is 30.9 Å². The minimum absolute atomic E-state index is 0.0922. The van der Waals surface area contributed by atoms with Gasteiger partial charge in [-0.25, -0.2) is 13.2 Å². The van der Waals surface area contributed by atoms with Crippen LogP contribution in [0.15, 0.2) is 82.6 Å². The summed E-state index contributed by atoms with van der Waals surface area (Å²) in [6.45, 7) is 1.91. The van der Waals surface area contributed by atoms with Crippen molar-refractivity contribution in [3.8, 4) is 0 Å². The van der Waals surface area contributed by atoms with E-state index in [1.165, 1.54) is 12.1 Å². The molecule has 2 aliphatic heterocycles. The first-order valence-electron chi connectivity index (χ1n) is 9.22. The Labute approximate surface area is 172 Å². The summed E-state index contributed by atoms with van der Waals surface area (Å²) in [5.41, 5.74) is 5.05. The molecule has 3 aromatic rings. The maximum Gasteiger partial charge on any atom is 0.532 e. The minimum atomic E-state index is -3.75. The van der Waals surface area contributed by atoms with Crippen molar-refractivity contribution < 1.29 is 22.7 Å². The summed E-state index contributed by atoms with van der Waals surface area (Å²) in [6.07, 6.45) is 0. The lowest BCUT2D eigenvalue weighted by molar-refractivity contribution is -0.463. The molecule has 2 aliphatic rings. The van der Waals surface area contributed by atoms with Gasteiger partial charge >= 0.3 is 12.1 Å². The van der Waals surface area contributed by atoms with Gasteiger partial charge in [-0.2, -0.15) is 4.79 Å². The van der Waals surface area contributed by atoms with Gasteiger partial charge in [0.1, 0.15) is 5.69 Å². The first-order valence-corrected chi connectivity index (χ1v) is 10.7. The largest absolute Gasteiger partial charge is 0.532 e. The number of anilines is 1. The number of hydrazine groups is 1. The average Bonchev–Trinajstić information content (AvgIpc) is 3.03. The lowest BCUT2D eigenvalue weighted by Gasteiger charge is -2.20. The lowest BCUT2D eigenvalue weighted by Crippen LogP contribution is -2.36. The molecule has 0 radical (unpaired) electrons. The third-order valence-corrected chi connectivity index (χ3v) is 7.04. The van der Waals surface area contributed by atoms with Gasteiger partial charge in [-0.05, 0) is 43.3 Å². The monoisotopic (exact) mass is 418 g/mol. The van der Waals surface area contributed by atoms with Crippen LogP contribution in [0.3, 0.4) is 0 Å². The fourth-order valence-corrected chi connectivity index (χ4v) is 5.41. The summed E-state index contributed by atoms with van der Waals surface area (Å²) >= 11 is 0. The van der Waals surface area contributed by atoms with Crippen LogP contribution in [0.4, 0.5) is 15.3 Å². The Kier molecular flexibility index (Phi) is 3.87. The van der Waals surface area contributed by atoms with Crippen molar-refractivity contribution in [2.75, 3.05) is 4.90 Å². The molecule has 0 aliphatic carbocycles. The van der Waals surface area contributed by atoms with Crippen molar-refractivity contribution >= 4 is 33.3 Å². The van der Waals surface area contributed by atoms with Gasteiger partial charge in [-0.15, -0.1) is 10.3 Å². The number of carbonyl (C=O) groups excluding carboxylic acids is 2. The van der Waals surface area contributed by atoms with Crippen molar-refractivity contribution in [2.45, 2.75) is 16.7 Å². The topological polar surface area (TPSA) is 86.6 Å². The van der Waals surface area contributed by atoms with Crippen molar-refractivity contribution in [1.29, 1.82) is 0 Å². The molecule has 30 heavy (non-hydrogen) atoms. The number of hydrazone groups is 1. The number of aryl methyl sites for hydroxylation is 1. The summed E-state index contributed by atoms with van der Waals surface area (Å²) in [5.74, 6) is 0. The van der Waals surface area contributed by atoms with Crippen LogP contribution in [0.5, 0.6) is 0 Å². The molecule has 5 rings (SSSR count). The van der Waals surface area contributed by atoms with Crippen LogP contribution in [-0.2, 0) is 9.84 Å². The van der Waals surface area contributed by atoms with Crippen LogP contribution >= 0.6 is 0 Å². The normalized spacial score (nSPS) is 16.9. The standard InChI is InChI=1S/C22H15N3O4S/c1-14-10-12-15(13-11-14)24-21(26)23-25(22(24)27)20-16-6-2-4-8-18(16)30(28,29)19-9-5-3-7-17(19)20/h2-13H,1H3/p+1. The van der Waals surface area contributed by atoms with Crippen molar-refractivity contribution in [3.63, 3.8) is 0 Å². The molecule has 0 atom stereocenters. The smallest absolute Gasteiger partial charge is 0.218 e. The minimum Gasteiger partial charge on any atom is -0.218 e. The van der Waals surface area contributed by atoms with E-state index in [4.69, 9.17) is 0 Å². The van der Waals surface area contributed by atoms with Crippen LogP contribution in [0.25, 0.3) is 0 Å². The fraction of sp³-hybridized carbons (Fsp3) is 0.0455. The SMILES string of the molecule is Cc1ccc(N2C(=O)N[N+](=C3c4ccccc4S(=O)(=O)c4ccccc43)C2=O)cc1. The molecule has 2 heterocycles. The Hall–Kier alpha value is -3.78. The number of fused-ring (bicyclic) bond motifs is 2. The number of imide groups is 1. The van der Waals surface area contributed by atoms with E-state index in [1.54, 1.807) is 48.5 Å². The number of hydrogen-bond acceptors (Lipinski definition) is 4. The summed E-state index contributed by atoms with van der Waals surface area (Å²) in [7, 11) is -3.75. The van der Waals surface area contributed by atoms with E-state index in [2.05, 4.69) is 5.43 Å². The summed E-state index contributed by atoms with van der Waals surface area (Å²) in [6, 6.07) is 18.7. The van der Waals surface area contributed by atoms with Gasteiger partial charge in [0.2, 0.25) is 9.84 Å². The lowest BCUT2D eigenvalue weighted by atomic mass is 10.0. The predicted octanol–water partition coefficient (Wildman–Crippen LogP) is 3.26. The van der Waals surface area contributed by atoms with Crippen LogP contribution in [0.1, 0.15) is 16.7 Å². The molecule has 0 bridgehead atoms. The number of sulfone groups is 1. The number of carbonyl (C=O) groups is 2. The molecule has 3 aromatic carbocycles. The van der Waals surface area contributed by atoms with E-state index in [0.717, 1.165) is 15.1 Å². The first-order chi connectivity index (χ1) is 14.4. The predicted molar refractivity (Wildman–Crippen MR) is 109 cm³/mol. The number of nitrogens with zero attached hydrogens (tertiary/aromatic N) is 2. The maximum absolute atomic E-state index is 13.3. The van der Waals surface area contributed by atoms with Crippen LogP contribution in [0, 0.1) is 6.92 Å². The van der Waals surface area contributed by atoms with Gasteiger partial charge in [-0.1, -0.05) is 46.6 Å². The molecule has 0 unspecified atom stereocenters. The maximum atomic E-state index is 13.3. The average molecular weight is 418 g/mol. The van der Waals surface area contributed by atoms with Crippen molar-refractivity contribution in [3.05, 3.63) is 89.5 Å². The molecule has 7 nitrogen and oxygen atoms in total. The molecule has 0 aromatic heterocycles. The molecule has 4 amide bonds. The Bertz CT molecular complexity index is 1320. The van der Waals surface area contributed by atoms with Crippen LogP contribution < -0.4 is 10.3 Å². The van der Waals surface area contributed by atoms with Crippen LogP contribution in [0.2, 0.25) is 0 Å². The van der Waals surface area contributed by atoms with Gasteiger partial charge < -0.3 is 0 Å². The van der Waals surface area contributed by atoms with Crippen molar-refractivity contribution in [1.82, 2.24) is 5.43 Å². The second-order valence-corrected chi connectivity index (χ2v) is 8.94. The highest BCUT2D eigenvalue weighted by Gasteiger charge is 2.49. The van der Waals surface area contributed by atoms with Gasteiger partial charge in [-0.3, -0.25) is 0 Å². The summed E-state index contributed by atoms with van der Waals surface area (Å²) in [4.78, 5) is 27.2. The Morgan fingerprint density at radius 3 is 1.90 bits per heavy atom. The molecule has 1 fully saturated rings. The molecular formula is C22H16N3O4S+. The molecule has 0 spiro atoms. The van der Waals surface area contributed by atoms with Gasteiger partial charge in [0.05, 0.1) is 9.79 Å².